The highest BCUT2D eigenvalue weighted by atomic mass is 32.1. The summed E-state index contributed by atoms with van der Waals surface area (Å²) in [6, 6.07) is 19.2. The Morgan fingerprint density at radius 1 is 0.897 bits per heavy atom. The van der Waals surface area contributed by atoms with Crippen LogP contribution in [0, 0.1) is 0 Å². The molecule has 0 fully saturated rings. The summed E-state index contributed by atoms with van der Waals surface area (Å²) in [5.74, 6) is -0.856. The lowest BCUT2D eigenvalue weighted by atomic mass is 9.79. The Balaban J connectivity index is 1.83. The van der Waals surface area contributed by atoms with E-state index in [2.05, 4.69) is 10.6 Å². The minimum atomic E-state index is -0.980. The van der Waals surface area contributed by atoms with E-state index in [1.807, 2.05) is 67.6 Å². The summed E-state index contributed by atoms with van der Waals surface area (Å²) in [5.41, 5.74) is 0.532. The average Bonchev–Trinajstić information content (AvgIpc) is 2.74. The summed E-state index contributed by atoms with van der Waals surface area (Å²) in [7, 11) is 0. The Hall–Kier alpha value is -2.44. The van der Waals surface area contributed by atoms with Gasteiger partial charge in [-0.3, -0.25) is 4.79 Å². The smallest absolute Gasteiger partial charge is 0.313 e. The van der Waals surface area contributed by atoms with E-state index in [4.69, 9.17) is 12.2 Å². The molecular formula is C23H30N2O3S. The Morgan fingerprint density at radius 3 is 1.86 bits per heavy atom. The molecule has 2 atom stereocenters. The second-order valence-corrected chi connectivity index (χ2v) is 8.18. The fraction of sp³-hybridized carbons (Fsp3) is 0.391. The molecule has 2 unspecified atom stereocenters. The van der Waals surface area contributed by atoms with Gasteiger partial charge in [0.25, 0.3) is 0 Å². The predicted octanol–water partition coefficient (Wildman–Crippen LogP) is 3.22. The van der Waals surface area contributed by atoms with E-state index in [1.165, 1.54) is 0 Å². The van der Waals surface area contributed by atoms with Crippen molar-refractivity contribution < 1.29 is 15.0 Å². The number of aliphatic carboxylic acids is 1. The molecule has 0 amide bonds. The summed E-state index contributed by atoms with van der Waals surface area (Å²) in [5, 5.41) is 26.3. The fourth-order valence-electron chi connectivity index (χ4n) is 3.28. The van der Waals surface area contributed by atoms with Gasteiger partial charge in [-0.2, -0.15) is 0 Å². The highest BCUT2D eigenvalue weighted by Gasteiger charge is 2.34. The SMILES string of the molecule is CC(CO)(CCNC(=S)NCCC(C)(C(=O)O)c1ccccc1)c1ccccc1. The summed E-state index contributed by atoms with van der Waals surface area (Å²) in [4.78, 5) is 11.8. The van der Waals surface area contributed by atoms with Crippen LogP contribution in [0.1, 0.15) is 37.8 Å². The zero-order chi connectivity index (χ0) is 21.3. The summed E-state index contributed by atoms with van der Waals surface area (Å²) in [6.07, 6.45) is 1.12. The van der Waals surface area contributed by atoms with Gasteiger partial charge >= 0.3 is 5.97 Å². The highest BCUT2D eigenvalue weighted by molar-refractivity contribution is 7.80. The summed E-state index contributed by atoms with van der Waals surface area (Å²) >= 11 is 5.33. The molecule has 5 nitrogen and oxygen atoms in total. The van der Waals surface area contributed by atoms with Gasteiger partial charge in [-0.1, -0.05) is 67.6 Å². The molecule has 0 aliphatic heterocycles. The van der Waals surface area contributed by atoms with Gasteiger partial charge in [0.1, 0.15) is 0 Å². The number of thiocarbonyl (C=S) groups is 1. The Morgan fingerprint density at radius 2 is 1.38 bits per heavy atom. The molecule has 0 spiro atoms. The van der Waals surface area contributed by atoms with Crippen LogP contribution < -0.4 is 10.6 Å². The largest absolute Gasteiger partial charge is 0.481 e. The lowest BCUT2D eigenvalue weighted by Gasteiger charge is -2.28. The third kappa shape index (κ3) is 6.02. The van der Waals surface area contributed by atoms with Crippen LogP contribution in [0.4, 0.5) is 0 Å². The van der Waals surface area contributed by atoms with Crippen molar-refractivity contribution in [3.63, 3.8) is 0 Å². The normalized spacial score (nSPS) is 15.0. The highest BCUT2D eigenvalue weighted by Crippen LogP contribution is 2.28. The molecule has 156 valence electrons. The molecular weight excluding hydrogens is 384 g/mol. The quantitative estimate of drug-likeness (QED) is 0.447. The molecule has 2 aromatic rings. The first-order valence-electron chi connectivity index (χ1n) is 9.79. The standard InChI is InChI=1S/C23H30N2O3S/c1-22(17-26,18-9-5-3-6-10-18)13-15-24-21(29)25-16-14-23(2,20(27)28)19-11-7-4-8-12-19/h3-12,26H,13-17H2,1-2H3,(H,27,28)(H2,24,25,29). The van der Waals surface area contributed by atoms with E-state index in [0.29, 0.717) is 31.0 Å². The van der Waals surface area contributed by atoms with Crippen molar-refractivity contribution in [3.8, 4) is 0 Å². The number of carboxylic acids is 1. The molecule has 0 heterocycles. The monoisotopic (exact) mass is 414 g/mol. The number of aliphatic hydroxyl groups excluding tert-OH is 1. The second kappa shape index (κ2) is 10.4. The van der Waals surface area contributed by atoms with Crippen LogP contribution in [0.5, 0.6) is 0 Å². The van der Waals surface area contributed by atoms with Crippen LogP contribution in [-0.2, 0) is 15.6 Å². The molecule has 2 rings (SSSR count). The maximum Gasteiger partial charge on any atom is 0.313 e. The fourth-order valence-corrected chi connectivity index (χ4v) is 3.48. The van der Waals surface area contributed by atoms with Gasteiger partial charge < -0.3 is 20.8 Å². The predicted molar refractivity (Wildman–Crippen MR) is 120 cm³/mol. The zero-order valence-electron chi connectivity index (χ0n) is 17.0. The third-order valence-corrected chi connectivity index (χ3v) is 5.86. The van der Waals surface area contributed by atoms with Gasteiger partial charge in [0.05, 0.1) is 12.0 Å². The maximum atomic E-state index is 11.8. The molecule has 4 N–H and O–H groups in total. The number of rotatable bonds is 10. The second-order valence-electron chi connectivity index (χ2n) is 7.77. The van der Waals surface area contributed by atoms with Gasteiger partial charge in [-0.05, 0) is 43.1 Å². The molecule has 0 saturated heterocycles. The lowest BCUT2D eigenvalue weighted by molar-refractivity contribution is -0.143. The Labute approximate surface area is 178 Å². The molecule has 6 heteroatoms. The molecule has 0 radical (unpaired) electrons. The minimum Gasteiger partial charge on any atom is -0.481 e. The Kier molecular flexibility index (Phi) is 8.17. The number of benzene rings is 2. The van der Waals surface area contributed by atoms with E-state index >= 15 is 0 Å². The first-order valence-corrected chi connectivity index (χ1v) is 10.2. The van der Waals surface area contributed by atoms with Crippen molar-refractivity contribution in [2.24, 2.45) is 0 Å². The van der Waals surface area contributed by atoms with Crippen molar-refractivity contribution in [3.05, 3.63) is 71.8 Å². The third-order valence-electron chi connectivity index (χ3n) is 5.58. The number of aliphatic hydroxyl groups is 1. The van der Waals surface area contributed by atoms with Gasteiger partial charge in [0, 0.05) is 18.5 Å². The van der Waals surface area contributed by atoms with Crippen molar-refractivity contribution in [2.75, 3.05) is 19.7 Å². The average molecular weight is 415 g/mol. The van der Waals surface area contributed by atoms with Crippen molar-refractivity contribution in [1.82, 2.24) is 10.6 Å². The van der Waals surface area contributed by atoms with Crippen LogP contribution in [0.15, 0.2) is 60.7 Å². The summed E-state index contributed by atoms with van der Waals surface area (Å²) < 4.78 is 0. The van der Waals surface area contributed by atoms with Crippen molar-refractivity contribution in [1.29, 1.82) is 0 Å². The van der Waals surface area contributed by atoms with E-state index < -0.39 is 11.4 Å². The van der Waals surface area contributed by atoms with E-state index in [9.17, 15) is 15.0 Å². The molecule has 29 heavy (non-hydrogen) atoms. The van der Waals surface area contributed by atoms with Crippen LogP contribution in [0.25, 0.3) is 0 Å². The molecule has 0 aliphatic carbocycles. The van der Waals surface area contributed by atoms with E-state index in [1.54, 1.807) is 6.92 Å². The topological polar surface area (TPSA) is 81.6 Å². The number of hydrogen-bond donors (Lipinski definition) is 4. The lowest BCUT2D eigenvalue weighted by Crippen LogP contribution is -2.42. The van der Waals surface area contributed by atoms with Crippen molar-refractivity contribution >= 4 is 23.3 Å². The number of nitrogens with one attached hydrogen (secondary N) is 2. The van der Waals surface area contributed by atoms with E-state index in [-0.39, 0.29) is 12.0 Å². The van der Waals surface area contributed by atoms with Gasteiger partial charge in [0.2, 0.25) is 0 Å². The first-order chi connectivity index (χ1) is 13.8. The number of carbonyl (C=O) groups is 1. The van der Waals surface area contributed by atoms with Crippen LogP contribution in [-0.4, -0.2) is 41.0 Å². The van der Waals surface area contributed by atoms with Gasteiger partial charge in [-0.15, -0.1) is 0 Å². The number of carboxylic acid groups (broad SMARTS) is 1. The first kappa shape index (κ1) is 22.8. The molecule has 0 aromatic heterocycles. The molecule has 0 aliphatic rings. The maximum absolute atomic E-state index is 11.8. The van der Waals surface area contributed by atoms with Gasteiger partial charge in [0.15, 0.2) is 5.11 Å². The van der Waals surface area contributed by atoms with Crippen LogP contribution >= 0.6 is 12.2 Å². The number of hydrogen-bond acceptors (Lipinski definition) is 3. The molecule has 2 aromatic carbocycles. The van der Waals surface area contributed by atoms with Gasteiger partial charge in [-0.25, -0.2) is 0 Å². The minimum absolute atomic E-state index is 0.0485. The van der Waals surface area contributed by atoms with E-state index in [0.717, 1.165) is 11.1 Å². The Bertz CT molecular complexity index is 800. The van der Waals surface area contributed by atoms with Crippen LogP contribution in [0.2, 0.25) is 0 Å². The zero-order valence-corrected chi connectivity index (χ0v) is 17.8. The van der Waals surface area contributed by atoms with Crippen LogP contribution in [0.3, 0.4) is 0 Å². The summed E-state index contributed by atoms with van der Waals surface area (Å²) in [6.45, 7) is 4.85. The molecule has 0 saturated carbocycles. The van der Waals surface area contributed by atoms with Crippen molar-refractivity contribution in [2.45, 2.75) is 37.5 Å². The molecule has 0 bridgehead atoms.